The number of aliphatic hydroxyl groups is 1. The molecule has 0 radical (unpaired) electrons. The minimum absolute atomic E-state index is 0.173. The topological polar surface area (TPSA) is 20.2 Å². The lowest BCUT2D eigenvalue weighted by molar-refractivity contribution is 0.173. The molecule has 5 heteroatoms. The van der Waals surface area contributed by atoms with Crippen molar-refractivity contribution in [2.45, 2.75) is 12.5 Å². The molecule has 100 valence electrons. The zero-order valence-corrected chi connectivity index (χ0v) is 12.8. The van der Waals surface area contributed by atoms with Crippen molar-refractivity contribution in [2.24, 2.45) is 0 Å². The summed E-state index contributed by atoms with van der Waals surface area (Å²) in [4.78, 5) is 0. The van der Waals surface area contributed by atoms with Crippen molar-refractivity contribution in [2.75, 3.05) is 0 Å². The first-order valence-corrected chi connectivity index (χ1v) is 7.09. The van der Waals surface area contributed by atoms with Gasteiger partial charge in [-0.15, -0.1) is 0 Å². The molecule has 19 heavy (non-hydrogen) atoms. The Bertz CT molecular complexity index is 604. The van der Waals surface area contributed by atoms with Crippen molar-refractivity contribution in [3.8, 4) is 0 Å². The molecule has 0 aliphatic carbocycles. The van der Waals surface area contributed by atoms with E-state index >= 15 is 0 Å². The van der Waals surface area contributed by atoms with Gasteiger partial charge >= 0.3 is 0 Å². The Morgan fingerprint density at radius 1 is 1.16 bits per heavy atom. The van der Waals surface area contributed by atoms with Gasteiger partial charge in [0.1, 0.15) is 5.82 Å². The summed E-state index contributed by atoms with van der Waals surface area (Å²) in [5.41, 5.74) is 0.920. The average Bonchev–Trinajstić information content (AvgIpc) is 2.35. The maximum atomic E-state index is 13.6. The summed E-state index contributed by atoms with van der Waals surface area (Å²) >= 11 is 15.2. The first-order chi connectivity index (χ1) is 8.97. The van der Waals surface area contributed by atoms with Gasteiger partial charge in [0.15, 0.2) is 0 Å². The van der Waals surface area contributed by atoms with E-state index in [-0.39, 0.29) is 12.0 Å². The molecular formula is C14H10BrCl2FO. The predicted octanol–water partition coefficient (Wildman–Crippen LogP) is 5.17. The summed E-state index contributed by atoms with van der Waals surface area (Å²) in [5, 5.41) is 11.0. The second-order valence-corrected chi connectivity index (χ2v) is 5.88. The molecule has 0 aliphatic rings. The Labute approximate surface area is 129 Å². The molecule has 2 rings (SSSR count). The van der Waals surface area contributed by atoms with Gasteiger partial charge in [0.25, 0.3) is 0 Å². The van der Waals surface area contributed by atoms with Gasteiger partial charge in [-0.1, -0.05) is 45.2 Å². The molecule has 0 saturated heterocycles. The number of halogens is 4. The zero-order valence-electron chi connectivity index (χ0n) is 9.71. The lowest BCUT2D eigenvalue weighted by Gasteiger charge is -2.13. The first kappa shape index (κ1) is 14.8. The van der Waals surface area contributed by atoms with Gasteiger partial charge < -0.3 is 5.11 Å². The number of hydrogen-bond acceptors (Lipinski definition) is 1. The van der Waals surface area contributed by atoms with Crippen LogP contribution < -0.4 is 0 Å². The lowest BCUT2D eigenvalue weighted by atomic mass is 10.0. The van der Waals surface area contributed by atoms with Crippen LogP contribution in [-0.4, -0.2) is 5.11 Å². The van der Waals surface area contributed by atoms with Crippen LogP contribution in [0.3, 0.4) is 0 Å². The fourth-order valence-corrected chi connectivity index (χ4v) is 2.71. The Balaban J connectivity index is 2.25. The normalized spacial score (nSPS) is 12.5. The highest BCUT2D eigenvalue weighted by Gasteiger charge is 2.15. The molecule has 2 aromatic carbocycles. The Morgan fingerprint density at radius 2 is 1.89 bits per heavy atom. The van der Waals surface area contributed by atoms with Crippen LogP contribution in [0.2, 0.25) is 10.0 Å². The van der Waals surface area contributed by atoms with E-state index in [0.717, 1.165) is 10.0 Å². The van der Waals surface area contributed by atoms with Crippen molar-refractivity contribution in [3.05, 3.63) is 67.9 Å². The van der Waals surface area contributed by atoms with E-state index in [1.54, 1.807) is 12.1 Å². The lowest BCUT2D eigenvalue weighted by Crippen LogP contribution is -2.05. The molecule has 0 amide bonds. The molecule has 0 bridgehead atoms. The molecular weight excluding hydrogens is 354 g/mol. The molecule has 1 unspecified atom stereocenters. The smallest absolute Gasteiger partial charge is 0.129 e. The molecule has 1 N–H and O–H groups in total. The number of rotatable bonds is 3. The fraction of sp³-hybridized carbons (Fsp3) is 0.143. The number of benzene rings is 2. The van der Waals surface area contributed by atoms with E-state index in [9.17, 15) is 9.50 Å². The maximum absolute atomic E-state index is 13.6. The second kappa shape index (κ2) is 6.23. The zero-order chi connectivity index (χ0) is 14.0. The van der Waals surface area contributed by atoms with Crippen LogP contribution >= 0.6 is 39.1 Å². The van der Waals surface area contributed by atoms with Crippen molar-refractivity contribution in [1.82, 2.24) is 0 Å². The van der Waals surface area contributed by atoms with Crippen molar-refractivity contribution >= 4 is 39.1 Å². The van der Waals surface area contributed by atoms with Gasteiger partial charge in [-0.25, -0.2) is 4.39 Å². The van der Waals surface area contributed by atoms with E-state index in [0.29, 0.717) is 10.0 Å². The Kier molecular flexibility index (Phi) is 4.85. The van der Waals surface area contributed by atoms with Crippen molar-refractivity contribution in [1.29, 1.82) is 0 Å². The van der Waals surface area contributed by atoms with Crippen LogP contribution in [0.4, 0.5) is 4.39 Å². The van der Waals surface area contributed by atoms with Crippen LogP contribution in [0, 0.1) is 5.82 Å². The standard InChI is InChI=1S/C14H10BrCl2FO/c15-9-2-1-8(12(17)6-9)5-14(19)11-7-10(16)3-4-13(11)18/h1-4,6-7,14,19H,5H2. The number of hydrogen-bond donors (Lipinski definition) is 1. The van der Waals surface area contributed by atoms with E-state index in [2.05, 4.69) is 15.9 Å². The minimum Gasteiger partial charge on any atom is -0.388 e. The molecule has 0 spiro atoms. The van der Waals surface area contributed by atoms with Gasteiger partial charge in [-0.2, -0.15) is 0 Å². The molecule has 1 atom stereocenters. The highest BCUT2D eigenvalue weighted by Crippen LogP contribution is 2.28. The van der Waals surface area contributed by atoms with Gasteiger partial charge in [-0.05, 0) is 35.9 Å². The Hall–Kier alpha value is -0.610. The summed E-state index contributed by atoms with van der Waals surface area (Å²) < 4.78 is 14.5. The largest absolute Gasteiger partial charge is 0.388 e. The third-order valence-corrected chi connectivity index (χ3v) is 3.83. The second-order valence-electron chi connectivity index (χ2n) is 4.12. The van der Waals surface area contributed by atoms with Crippen LogP contribution in [0.15, 0.2) is 40.9 Å². The Morgan fingerprint density at radius 3 is 2.58 bits per heavy atom. The summed E-state index contributed by atoms with van der Waals surface area (Å²) in [6, 6.07) is 9.45. The molecule has 0 heterocycles. The summed E-state index contributed by atoms with van der Waals surface area (Å²) in [5.74, 6) is -0.481. The molecule has 2 aromatic rings. The molecule has 0 aromatic heterocycles. The van der Waals surface area contributed by atoms with Crippen LogP contribution in [0.25, 0.3) is 0 Å². The van der Waals surface area contributed by atoms with E-state index < -0.39 is 11.9 Å². The highest BCUT2D eigenvalue weighted by molar-refractivity contribution is 9.10. The maximum Gasteiger partial charge on any atom is 0.129 e. The van der Waals surface area contributed by atoms with Gasteiger partial charge in [0.2, 0.25) is 0 Å². The quantitative estimate of drug-likeness (QED) is 0.797. The third kappa shape index (κ3) is 3.69. The first-order valence-electron chi connectivity index (χ1n) is 5.54. The van der Waals surface area contributed by atoms with Gasteiger partial charge in [0, 0.05) is 26.5 Å². The van der Waals surface area contributed by atoms with E-state index in [4.69, 9.17) is 23.2 Å². The number of aliphatic hydroxyl groups excluding tert-OH is 1. The SMILES string of the molecule is OC(Cc1ccc(Br)cc1Cl)c1cc(Cl)ccc1F. The summed E-state index contributed by atoms with van der Waals surface area (Å²) in [7, 11) is 0. The highest BCUT2D eigenvalue weighted by atomic mass is 79.9. The monoisotopic (exact) mass is 362 g/mol. The van der Waals surface area contributed by atoms with E-state index in [1.165, 1.54) is 18.2 Å². The fourth-order valence-electron chi connectivity index (χ4n) is 1.78. The molecule has 0 fully saturated rings. The van der Waals surface area contributed by atoms with Crippen LogP contribution in [0.1, 0.15) is 17.2 Å². The minimum atomic E-state index is -0.989. The molecule has 0 saturated carbocycles. The molecule has 1 nitrogen and oxygen atoms in total. The van der Waals surface area contributed by atoms with Crippen molar-refractivity contribution < 1.29 is 9.50 Å². The van der Waals surface area contributed by atoms with Crippen LogP contribution in [-0.2, 0) is 6.42 Å². The molecule has 0 aliphatic heterocycles. The van der Waals surface area contributed by atoms with Crippen LogP contribution in [0.5, 0.6) is 0 Å². The third-order valence-electron chi connectivity index (χ3n) is 2.75. The predicted molar refractivity (Wildman–Crippen MR) is 79.2 cm³/mol. The van der Waals surface area contributed by atoms with Crippen molar-refractivity contribution in [3.63, 3.8) is 0 Å². The van der Waals surface area contributed by atoms with Gasteiger partial charge in [0.05, 0.1) is 6.10 Å². The van der Waals surface area contributed by atoms with E-state index in [1.807, 2.05) is 6.07 Å². The summed E-state index contributed by atoms with van der Waals surface area (Å²) in [6.07, 6.45) is -0.763. The van der Waals surface area contributed by atoms with Gasteiger partial charge in [-0.3, -0.25) is 0 Å². The summed E-state index contributed by atoms with van der Waals surface area (Å²) in [6.45, 7) is 0. The average molecular weight is 364 g/mol.